The molecule has 88 valence electrons. The lowest BCUT2D eigenvalue weighted by atomic mass is 10.2. The van der Waals surface area contributed by atoms with E-state index in [2.05, 4.69) is 17.3 Å². The average Bonchev–Trinajstić information content (AvgIpc) is 2.25. The van der Waals surface area contributed by atoms with Gasteiger partial charge in [-0.2, -0.15) is 0 Å². The van der Waals surface area contributed by atoms with Gasteiger partial charge in [-0.05, 0) is 37.7 Å². The summed E-state index contributed by atoms with van der Waals surface area (Å²) in [7, 11) is 2.14. The van der Waals surface area contributed by atoms with E-state index in [9.17, 15) is 4.39 Å². The van der Waals surface area contributed by atoms with Gasteiger partial charge < -0.3 is 5.32 Å². The third-order valence-electron chi connectivity index (χ3n) is 2.85. The summed E-state index contributed by atoms with van der Waals surface area (Å²) in [4.78, 5) is 3.51. The van der Waals surface area contributed by atoms with Crippen molar-refractivity contribution in [3.8, 4) is 0 Å². The zero-order chi connectivity index (χ0) is 11.5. The molecule has 0 aromatic heterocycles. The molecule has 4 heteroatoms. The number of rotatable bonds is 2. The number of likely N-dealkylation sites (N-methyl/N-ethyl adjacent to an activating group) is 1. The van der Waals surface area contributed by atoms with Crippen LogP contribution in [0.15, 0.2) is 23.1 Å². The van der Waals surface area contributed by atoms with Crippen molar-refractivity contribution < 1.29 is 4.39 Å². The van der Waals surface area contributed by atoms with Crippen LogP contribution in [0, 0.1) is 12.7 Å². The zero-order valence-electron chi connectivity index (χ0n) is 9.66. The molecule has 1 saturated heterocycles. The quantitative estimate of drug-likeness (QED) is 0.852. The van der Waals surface area contributed by atoms with Gasteiger partial charge in [0.1, 0.15) is 5.82 Å². The van der Waals surface area contributed by atoms with E-state index in [0.717, 1.165) is 25.2 Å². The zero-order valence-corrected chi connectivity index (χ0v) is 10.5. The molecule has 1 unspecified atom stereocenters. The maximum absolute atomic E-state index is 13.0. The van der Waals surface area contributed by atoms with Gasteiger partial charge in [0.25, 0.3) is 0 Å². The molecule has 1 aliphatic heterocycles. The van der Waals surface area contributed by atoms with Crippen molar-refractivity contribution >= 4 is 11.8 Å². The molecule has 1 heterocycles. The van der Waals surface area contributed by atoms with Crippen molar-refractivity contribution in [2.45, 2.75) is 17.2 Å². The minimum absolute atomic E-state index is 0.156. The number of aryl methyl sites for hydroxylation is 1. The number of nitrogens with zero attached hydrogens (tertiary/aromatic N) is 1. The first-order chi connectivity index (χ1) is 7.66. The molecular formula is C12H17FN2S. The Labute approximate surface area is 100 Å². The van der Waals surface area contributed by atoms with Crippen molar-refractivity contribution in [2.75, 3.05) is 26.7 Å². The summed E-state index contributed by atoms with van der Waals surface area (Å²) in [6.07, 6.45) is 0. The van der Waals surface area contributed by atoms with Crippen LogP contribution in [-0.4, -0.2) is 37.0 Å². The Morgan fingerprint density at radius 3 is 3.00 bits per heavy atom. The fraction of sp³-hybridized carbons (Fsp3) is 0.500. The lowest BCUT2D eigenvalue weighted by molar-refractivity contribution is 0.266. The molecule has 1 aromatic rings. The Morgan fingerprint density at radius 1 is 1.50 bits per heavy atom. The molecule has 0 bridgehead atoms. The van der Waals surface area contributed by atoms with Gasteiger partial charge in [0, 0.05) is 24.5 Å². The summed E-state index contributed by atoms with van der Waals surface area (Å²) in [6, 6.07) is 5.00. The molecule has 1 aliphatic rings. The number of hydrogen-bond acceptors (Lipinski definition) is 3. The highest BCUT2D eigenvalue weighted by atomic mass is 32.2. The maximum Gasteiger partial charge on any atom is 0.123 e. The van der Waals surface area contributed by atoms with Crippen molar-refractivity contribution in [3.63, 3.8) is 0 Å². The fourth-order valence-corrected chi connectivity index (χ4v) is 2.98. The number of thioether (sulfide) groups is 1. The van der Waals surface area contributed by atoms with Crippen molar-refractivity contribution in [2.24, 2.45) is 0 Å². The normalized spacial score (nSPS) is 22.3. The molecule has 1 fully saturated rings. The number of halogens is 1. The molecule has 16 heavy (non-hydrogen) atoms. The van der Waals surface area contributed by atoms with E-state index in [-0.39, 0.29) is 5.82 Å². The second-order valence-corrected chi connectivity index (χ2v) is 5.39. The Kier molecular flexibility index (Phi) is 3.84. The van der Waals surface area contributed by atoms with Crippen LogP contribution in [0.25, 0.3) is 0 Å². The van der Waals surface area contributed by atoms with Crippen LogP contribution in [0.3, 0.4) is 0 Å². The van der Waals surface area contributed by atoms with Gasteiger partial charge in [0.05, 0.1) is 5.37 Å². The SMILES string of the molecule is Cc1cc(F)ccc1SC1CNCCN1C. The molecule has 2 nitrogen and oxygen atoms in total. The fourth-order valence-electron chi connectivity index (χ4n) is 1.80. The predicted molar refractivity (Wildman–Crippen MR) is 66.3 cm³/mol. The Bertz CT molecular complexity index is 370. The molecule has 1 atom stereocenters. The summed E-state index contributed by atoms with van der Waals surface area (Å²) in [5.74, 6) is -0.156. The summed E-state index contributed by atoms with van der Waals surface area (Å²) in [6.45, 7) is 5.06. The van der Waals surface area contributed by atoms with E-state index in [1.54, 1.807) is 17.8 Å². The predicted octanol–water partition coefficient (Wildman–Crippen LogP) is 2.09. The molecule has 0 radical (unpaired) electrons. The van der Waals surface area contributed by atoms with E-state index in [1.165, 1.54) is 11.0 Å². The van der Waals surface area contributed by atoms with Crippen LogP contribution in [0.4, 0.5) is 4.39 Å². The van der Waals surface area contributed by atoms with Crippen LogP contribution < -0.4 is 5.32 Å². The Morgan fingerprint density at radius 2 is 2.31 bits per heavy atom. The van der Waals surface area contributed by atoms with E-state index in [0.29, 0.717) is 5.37 Å². The highest BCUT2D eigenvalue weighted by molar-refractivity contribution is 8.00. The highest BCUT2D eigenvalue weighted by Gasteiger charge is 2.20. The summed E-state index contributed by atoms with van der Waals surface area (Å²) in [5, 5.41) is 3.82. The van der Waals surface area contributed by atoms with Crippen molar-refractivity contribution in [1.29, 1.82) is 0 Å². The first kappa shape index (κ1) is 11.9. The number of piperazine rings is 1. The maximum atomic E-state index is 13.0. The minimum atomic E-state index is -0.156. The van der Waals surface area contributed by atoms with E-state index in [1.807, 2.05) is 13.0 Å². The average molecular weight is 240 g/mol. The third-order valence-corrected chi connectivity index (χ3v) is 4.36. The largest absolute Gasteiger partial charge is 0.313 e. The smallest absolute Gasteiger partial charge is 0.123 e. The highest BCUT2D eigenvalue weighted by Crippen LogP contribution is 2.28. The van der Waals surface area contributed by atoms with Crippen LogP contribution >= 0.6 is 11.8 Å². The van der Waals surface area contributed by atoms with Crippen LogP contribution in [-0.2, 0) is 0 Å². The van der Waals surface area contributed by atoms with Crippen LogP contribution in [0.5, 0.6) is 0 Å². The van der Waals surface area contributed by atoms with E-state index >= 15 is 0 Å². The molecule has 0 spiro atoms. The van der Waals surface area contributed by atoms with Crippen molar-refractivity contribution in [3.05, 3.63) is 29.6 Å². The first-order valence-corrected chi connectivity index (χ1v) is 6.38. The molecule has 1 N–H and O–H groups in total. The van der Waals surface area contributed by atoms with Gasteiger partial charge in [0.15, 0.2) is 0 Å². The minimum Gasteiger partial charge on any atom is -0.313 e. The molecule has 0 aliphatic carbocycles. The monoisotopic (exact) mass is 240 g/mol. The first-order valence-electron chi connectivity index (χ1n) is 5.50. The van der Waals surface area contributed by atoms with Crippen LogP contribution in [0.1, 0.15) is 5.56 Å². The number of nitrogens with one attached hydrogen (secondary N) is 1. The molecule has 0 saturated carbocycles. The van der Waals surface area contributed by atoms with Gasteiger partial charge in [-0.15, -0.1) is 11.8 Å². The second kappa shape index (κ2) is 5.17. The van der Waals surface area contributed by atoms with E-state index < -0.39 is 0 Å². The van der Waals surface area contributed by atoms with Gasteiger partial charge in [0.2, 0.25) is 0 Å². The Hall–Kier alpha value is -0.580. The van der Waals surface area contributed by atoms with Gasteiger partial charge in [-0.3, -0.25) is 4.90 Å². The Balaban J connectivity index is 2.07. The number of hydrogen-bond donors (Lipinski definition) is 1. The molecule has 2 rings (SSSR count). The van der Waals surface area contributed by atoms with E-state index in [4.69, 9.17) is 0 Å². The molecular weight excluding hydrogens is 223 g/mol. The van der Waals surface area contributed by atoms with Gasteiger partial charge >= 0.3 is 0 Å². The molecule has 1 aromatic carbocycles. The van der Waals surface area contributed by atoms with Crippen molar-refractivity contribution in [1.82, 2.24) is 10.2 Å². The lowest BCUT2D eigenvalue weighted by Gasteiger charge is -2.32. The summed E-state index contributed by atoms with van der Waals surface area (Å²) >= 11 is 1.80. The lowest BCUT2D eigenvalue weighted by Crippen LogP contribution is -2.47. The topological polar surface area (TPSA) is 15.3 Å². The van der Waals surface area contributed by atoms with Crippen LogP contribution in [0.2, 0.25) is 0 Å². The second-order valence-electron chi connectivity index (χ2n) is 4.17. The van der Waals surface area contributed by atoms with Gasteiger partial charge in [-0.25, -0.2) is 4.39 Å². The third kappa shape index (κ3) is 2.75. The van der Waals surface area contributed by atoms with Gasteiger partial charge in [-0.1, -0.05) is 0 Å². The summed E-state index contributed by atoms with van der Waals surface area (Å²) < 4.78 is 13.0. The molecule has 0 amide bonds. The summed E-state index contributed by atoms with van der Waals surface area (Å²) in [5.41, 5.74) is 1.02. The standard InChI is InChI=1S/C12H17FN2S/c1-9-7-10(13)3-4-11(9)16-12-8-14-5-6-15(12)2/h3-4,7,12,14H,5-6,8H2,1-2H3. The number of benzene rings is 1.